The lowest BCUT2D eigenvalue weighted by atomic mass is 9.99. The molecular weight excluding hydrogens is 513 g/mol. The fourth-order valence-corrected chi connectivity index (χ4v) is 5.90. The van der Waals surface area contributed by atoms with E-state index in [9.17, 15) is 18.8 Å². The van der Waals surface area contributed by atoms with Crippen LogP contribution in [0, 0.1) is 5.82 Å². The first-order chi connectivity index (χ1) is 19.4. The maximum absolute atomic E-state index is 14.4. The number of carbonyl (C=O) groups is 2. The molecule has 2 amide bonds. The summed E-state index contributed by atoms with van der Waals surface area (Å²) in [5, 5.41) is 3.56. The van der Waals surface area contributed by atoms with Gasteiger partial charge in [-0.05, 0) is 42.5 Å². The summed E-state index contributed by atoms with van der Waals surface area (Å²) >= 11 is 0. The highest BCUT2D eigenvalue weighted by atomic mass is 19.1. The van der Waals surface area contributed by atoms with Gasteiger partial charge in [0, 0.05) is 50.2 Å². The lowest BCUT2D eigenvalue weighted by molar-refractivity contribution is -0.457. The van der Waals surface area contributed by atoms with Crippen LogP contribution in [-0.2, 0) is 4.74 Å². The molecule has 3 fully saturated rings. The lowest BCUT2D eigenvalue weighted by Gasteiger charge is -2.31. The zero-order valence-electron chi connectivity index (χ0n) is 22.5. The summed E-state index contributed by atoms with van der Waals surface area (Å²) in [6, 6.07) is 9.39. The highest BCUT2D eigenvalue weighted by Gasteiger charge is 2.40. The van der Waals surface area contributed by atoms with Crippen molar-refractivity contribution in [1.29, 1.82) is 0 Å². The number of benzene rings is 2. The third-order valence-electron chi connectivity index (χ3n) is 8.21. The Balaban J connectivity index is 1.32. The van der Waals surface area contributed by atoms with Crippen LogP contribution in [0.25, 0.3) is 10.9 Å². The molecule has 0 spiro atoms. The number of nitrogens with zero attached hydrogens (tertiary/aromatic N) is 3. The van der Waals surface area contributed by atoms with E-state index in [4.69, 9.17) is 4.74 Å². The highest BCUT2D eigenvalue weighted by Crippen LogP contribution is 2.47. The number of para-hydroxylation sites is 1. The maximum atomic E-state index is 14.4. The first-order valence-corrected chi connectivity index (χ1v) is 13.8. The van der Waals surface area contributed by atoms with Crippen molar-refractivity contribution in [1.82, 2.24) is 9.88 Å². The molecule has 40 heavy (non-hydrogen) atoms. The van der Waals surface area contributed by atoms with Gasteiger partial charge in [0.2, 0.25) is 5.56 Å². The van der Waals surface area contributed by atoms with Crippen molar-refractivity contribution >= 4 is 40.8 Å². The molecule has 0 radical (unpaired) electrons. The molecule has 0 bridgehead atoms. The summed E-state index contributed by atoms with van der Waals surface area (Å²) in [5.74, 6) is -0.651. The van der Waals surface area contributed by atoms with Gasteiger partial charge in [-0.3, -0.25) is 9.59 Å². The van der Waals surface area contributed by atoms with E-state index in [1.807, 2.05) is 18.0 Å². The number of carbonyl (C=O) groups excluding carboxylic acids is 2. The number of anilines is 2. The Morgan fingerprint density at radius 1 is 1.10 bits per heavy atom. The van der Waals surface area contributed by atoms with E-state index in [0.717, 1.165) is 29.8 Å². The number of hydrogen-bond donors (Lipinski definition) is 2. The van der Waals surface area contributed by atoms with Gasteiger partial charge in [-0.15, -0.1) is 0 Å². The number of rotatable bonds is 6. The minimum atomic E-state index is -0.595. The Labute approximate surface area is 231 Å². The third kappa shape index (κ3) is 4.77. The van der Waals surface area contributed by atoms with Crippen molar-refractivity contribution in [3.8, 4) is 0 Å². The van der Waals surface area contributed by atoms with Gasteiger partial charge in [0.1, 0.15) is 18.1 Å². The van der Waals surface area contributed by atoms with Crippen molar-refractivity contribution < 1.29 is 23.3 Å². The van der Waals surface area contributed by atoms with Crippen LogP contribution in [0.4, 0.5) is 15.8 Å². The van der Waals surface area contributed by atoms with E-state index in [0.29, 0.717) is 62.7 Å². The van der Waals surface area contributed by atoms with Crippen molar-refractivity contribution in [3.05, 3.63) is 69.3 Å². The predicted molar refractivity (Wildman–Crippen MR) is 152 cm³/mol. The summed E-state index contributed by atoms with van der Waals surface area (Å²) in [6.07, 6.45) is 2.80. The SMILES string of the molecule is C=[N+](C(=O)c1cc(=O)[nH]c2c(F)cccc12)[C@@H]1CCN(c2c(C(=O)N3CCOCC3)cc(NC)cc2C2CC2)C1. The molecule has 2 aliphatic heterocycles. The van der Waals surface area contributed by atoms with E-state index in [1.165, 1.54) is 22.8 Å². The van der Waals surface area contributed by atoms with Crippen LogP contribution in [0.2, 0.25) is 0 Å². The summed E-state index contributed by atoms with van der Waals surface area (Å²) in [6.45, 7) is 7.35. The molecule has 0 unspecified atom stereocenters. The molecule has 1 atom stereocenters. The molecule has 2 saturated heterocycles. The Morgan fingerprint density at radius 2 is 1.88 bits per heavy atom. The minimum Gasteiger partial charge on any atom is -0.388 e. The monoisotopic (exact) mass is 546 g/mol. The Morgan fingerprint density at radius 3 is 2.60 bits per heavy atom. The summed E-state index contributed by atoms with van der Waals surface area (Å²) in [5.41, 5.74) is 3.23. The van der Waals surface area contributed by atoms with Crippen molar-refractivity contribution in [2.75, 3.05) is 56.7 Å². The number of H-pyrrole nitrogens is 1. The Bertz CT molecular complexity index is 1570. The third-order valence-corrected chi connectivity index (χ3v) is 8.21. The van der Waals surface area contributed by atoms with Gasteiger partial charge in [-0.2, -0.15) is 4.58 Å². The molecule has 6 rings (SSSR count). The molecule has 3 aromatic rings. The van der Waals surface area contributed by atoms with Crippen LogP contribution < -0.4 is 15.8 Å². The number of halogens is 1. The average Bonchev–Trinajstić information content (AvgIpc) is 3.72. The van der Waals surface area contributed by atoms with Crippen LogP contribution in [0.5, 0.6) is 0 Å². The van der Waals surface area contributed by atoms with Crippen molar-refractivity contribution in [2.24, 2.45) is 0 Å². The quantitative estimate of drug-likeness (QED) is 0.364. The van der Waals surface area contributed by atoms with Crippen LogP contribution >= 0.6 is 0 Å². The van der Waals surface area contributed by atoms with Crippen molar-refractivity contribution in [2.45, 2.75) is 31.2 Å². The summed E-state index contributed by atoms with van der Waals surface area (Å²) in [4.78, 5) is 46.2. The fraction of sp³-hybridized carbons (Fsp3) is 0.400. The van der Waals surface area contributed by atoms with Gasteiger partial charge in [-0.25, -0.2) is 9.18 Å². The van der Waals surface area contributed by atoms with Gasteiger partial charge < -0.3 is 24.8 Å². The molecule has 10 heteroatoms. The summed E-state index contributed by atoms with van der Waals surface area (Å²) < 4.78 is 21.3. The second-order valence-electron chi connectivity index (χ2n) is 10.8. The first-order valence-electron chi connectivity index (χ1n) is 13.8. The minimum absolute atomic E-state index is 0.00441. The molecule has 3 aliphatic rings. The van der Waals surface area contributed by atoms with Crippen LogP contribution in [0.15, 0.2) is 41.2 Å². The van der Waals surface area contributed by atoms with E-state index < -0.39 is 17.3 Å². The number of amides is 2. The second kappa shape index (κ2) is 10.5. The van der Waals surface area contributed by atoms with Gasteiger partial charge >= 0.3 is 5.91 Å². The molecule has 1 aromatic heterocycles. The van der Waals surface area contributed by atoms with Gasteiger partial charge in [0.15, 0.2) is 6.04 Å². The molecule has 1 aliphatic carbocycles. The topological polar surface area (TPSA) is 97.8 Å². The normalized spacial score (nSPS) is 19.2. The lowest BCUT2D eigenvalue weighted by Crippen LogP contribution is -2.41. The van der Waals surface area contributed by atoms with Gasteiger partial charge in [0.05, 0.1) is 36.5 Å². The number of fused-ring (bicyclic) bond motifs is 1. The second-order valence-corrected chi connectivity index (χ2v) is 10.8. The smallest absolute Gasteiger partial charge is 0.388 e. The van der Waals surface area contributed by atoms with E-state index in [-0.39, 0.29) is 23.0 Å². The number of morpholine rings is 1. The number of hydrogen-bond acceptors (Lipinski definition) is 6. The number of aromatic nitrogens is 1. The molecule has 208 valence electrons. The molecule has 9 nitrogen and oxygen atoms in total. The zero-order chi connectivity index (χ0) is 28.0. The Kier molecular flexibility index (Phi) is 6.87. The molecule has 2 aromatic carbocycles. The van der Waals surface area contributed by atoms with E-state index in [2.05, 4.69) is 28.0 Å². The fourth-order valence-electron chi connectivity index (χ4n) is 5.90. The first kappa shape index (κ1) is 26.2. The van der Waals surface area contributed by atoms with Crippen LogP contribution in [0.1, 0.15) is 51.5 Å². The molecule has 2 N–H and O–H groups in total. The predicted octanol–water partition coefficient (Wildman–Crippen LogP) is 3.19. The van der Waals surface area contributed by atoms with E-state index in [1.54, 1.807) is 6.07 Å². The van der Waals surface area contributed by atoms with E-state index >= 15 is 0 Å². The molecular formula is C30H33FN5O4+. The molecule has 3 heterocycles. The van der Waals surface area contributed by atoms with Crippen molar-refractivity contribution in [3.63, 3.8) is 0 Å². The van der Waals surface area contributed by atoms with Gasteiger partial charge in [0.25, 0.3) is 5.91 Å². The molecule has 1 saturated carbocycles. The van der Waals surface area contributed by atoms with Crippen LogP contribution in [0.3, 0.4) is 0 Å². The maximum Gasteiger partial charge on any atom is 0.420 e. The highest BCUT2D eigenvalue weighted by molar-refractivity contribution is 6.03. The Hall–Kier alpha value is -4.05. The van der Waals surface area contributed by atoms with Crippen LogP contribution in [-0.4, -0.2) is 85.5 Å². The average molecular weight is 547 g/mol. The summed E-state index contributed by atoms with van der Waals surface area (Å²) in [7, 11) is 1.86. The van der Waals surface area contributed by atoms with Gasteiger partial charge in [-0.1, -0.05) is 12.1 Å². The largest absolute Gasteiger partial charge is 0.420 e. The number of pyridine rings is 1. The number of aromatic amines is 1. The zero-order valence-corrected chi connectivity index (χ0v) is 22.5. The number of ether oxygens (including phenoxy) is 1. The number of nitrogens with one attached hydrogen (secondary N) is 2. The standard InChI is InChI=1S/C30H32FN5O4/c1-32-19-14-22(18-6-7-18)28(24(15-19)30(39)35-10-12-40-13-11-35)36-9-8-20(17-36)34(2)29(38)23-16-26(37)33-27-21(23)4-3-5-25(27)31/h3-5,14-16,18,20,32H,2,6-13,17H2,1H3/p+1/t20-/m1/s1.